The average molecular weight is 647 g/mol. The number of esters is 1. The summed E-state index contributed by atoms with van der Waals surface area (Å²) in [5, 5.41) is 44.0. The van der Waals surface area contributed by atoms with Crippen LogP contribution < -0.4 is 10.8 Å². The molecule has 1 saturated heterocycles. The maximum atomic E-state index is 13.7. The van der Waals surface area contributed by atoms with E-state index in [1.54, 1.807) is 19.3 Å². The number of hydroxylamine groups is 3. The number of nitriles is 1. The second-order valence-corrected chi connectivity index (χ2v) is 11.5. The van der Waals surface area contributed by atoms with E-state index in [-0.39, 0.29) is 42.4 Å². The van der Waals surface area contributed by atoms with Crippen molar-refractivity contribution in [3.05, 3.63) is 98.4 Å². The predicted octanol–water partition coefficient (Wildman–Crippen LogP) is 3.43. The summed E-state index contributed by atoms with van der Waals surface area (Å²) in [5.74, 6) is -3.02. The van der Waals surface area contributed by atoms with Gasteiger partial charge in [-0.2, -0.15) is 5.26 Å². The van der Waals surface area contributed by atoms with Crippen molar-refractivity contribution in [2.75, 3.05) is 32.8 Å². The molecule has 2 aliphatic heterocycles. The molecule has 2 heterocycles. The Morgan fingerprint density at radius 2 is 1.74 bits per heavy atom. The Morgan fingerprint density at radius 3 is 2.34 bits per heavy atom. The topological polar surface area (TPSA) is 198 Å². The van der Waals surface area contributed by atoms with E-state index in [0.29, 0.717) is 60.9 Å². The van der Waals surface area contributed by atoms with Gasteiger partial charge in [0.05, 0.1) is 34.0 Å². The molecule has 2 aromatic carbocycles. The lowest BCUT2D eigenvalue weighted by Crippen LogP contribution is -2.48. The predicted molar refractivity (Wildman–Crippen MR) is 167 cm³/mol. The Kier molecular flexibility index (Phi) is 11.4. The average Bonchev–Trinajstić information content (AvgIpc) is 3.08. The number of piperidine rings is 1. The summed E-state index contributed by atoms with van der Waals surface area (Å²) in [6.45, 7) is 4.88. The van der Waals surface area contributed by atoms with Gasteiger partial charge in [0.25, 0.3) is 17.5 Å². The number of carbonyl (C=O) groups is 3. The zero-order valence-corrected chi connectivity index (χ0v) is 26.3. The fourth-order valence-electron chi connectivity index (χ4n) is 6.30. The molecular formula is C33H38N6O8. The molecule has 1 unspecified atom stereocenters. The van der Waals surface area contributed by atoms with Gasteiger partial charge in [-0.3, -0.25) is 34.9 Å². The second kappa shape index (κ2) is 15.5. The fourth-order valence-corrected chi connectivity index (χ4v) is 6.30. The number of nitrogens with zero attached hydrogens (tertiary/aromatic N) is 4. The number of likely N-dealkylation sites (tertiary alicyclic amines) is 1. The molecular weight excluding hydrogens is 608 g/mol. The SMILES string of the molecule is CC1=C(C(=O)NO)C(c2ccc([N+](=O)[O-])cc2)C(C(=O)N(O)CCCN2CCC(C(=O)OCCC#N)(c3ccccc3)CC2)=C(C)N1. The van der Waals surface area contributed by atoms with Gasteiger partial charge >= 0.3 is 5.97 Å². The number of amides is 2. The van der Waals surface area contributed by atoms with Crippen LogP contribution in [0.2, 0.25) is 0 Å². The highest BCUT2D eigenvalue weighted by atomic mass is 16.6. The molecule has 14 heteroatoms. The van der Waals surface area contributed by atoms with E-state index in [2.05, 4.69) is 10.2 Å². The van der Waals surface area contributed by atoms with E-state index in [4.69, 9.17) is 10.00 Å². The smallest absolute Gasteiger partial charge is 0.316 e. The number of hydrogen-bond acceptors (Lipinski definition) is 11. The zero-order valence-electron chi connectivity index (χ0n) is 26.3. The summed E-state index contributed by atoms with van der Waals surface area (Å²) in [7, 11) is 0. The van der Waals surface area contributed by atoms with Crippen molar-refractivity contribution in [1.29, 1.82) is 5.26 Å². The number of nitro benzene ring substituents is 1. The molecule has 2 amide bonds. The summed E-state index contributed by atoms with van der Waals surface area (Å²) in [6.07, 6.45) is 1.51. The van der Waals surface area contributed by atoms with Crippen molar-refractivity contribution in [2.24, 2.45) is 0 Å². The molecule has 4 N–H and O–H groups in total. The van der Waals surface area contributed by atoms with Crippen molar-refractivity contribution in [2.45, 2.75) is 50.9 Å². The Bertz CT molecular complexity index is 1590. The number of dihydropyridines is 1. The van der Waals surface area contributed by atoms with Crippen molar-refractivity contribution < 1.29 is 34.5 Å². The van der Waals surface area contributed by atoms with Crippen LogP contribution in [0.3, 0.4) is 0 Å². The van der Waals surface area contributed by atoms with E-state index < -0.39 is 28.1 Å². The van der Waals surface area contributed by atoms with E-state index in [9.17, 15) is 34.9 Å². The number of nitro groups is 1. The summed E-state index contributed by atoms with van der Waals surface area (Å²) in [4.78, 5) is 52.5. The highest BCUT2D eigenvalue weighted by Crippen LogP contribution is 2.40. The number of non-ortho nitro benzene ring substituents is 1. The van der Waals surface area contributed by atoms with Gasteiger partial charge < -0.3 is 15.0 Å². The molecule has 1 atom stereocenters. The zero-order chi connectivity index (χ0) is 34.1. The number of benzene rings is 2. The lowest BCUT2D eigenvalue weighted by molar-refractivity contribution is -0.384. The quantitative estimate of drug-likeness (QED) is 0.0866. The van der Waals surface area contributed by atoms with Crippen molar-refractivity contribution in [3.8, 4) is 6.07 Å². The summed E-state index contributed by atoms with van der Waals surface area (Å²) in [6, 6.07) is 16.8. The Labute approximate surface area is 272 Å². The molecule has 0 bridgehead atoms. The first-order chi connectivity index (χ1) is 22.5. The van der Waals surface area contributed by atoms with Crippen LogP contribution in [0.25, 0.3) is 0 Å². The first-order valence-electron chi connectivity index (χ1n) is 15.2. The molecule has 2 aromatic rings. The van der Waals surface area contributed by atoms with E-state index >= 15 is 0 Å². The highest BCUT2D eigenvalue weighted by molar-refractivity contribution is 6.03. The molecule has 0 spiro atoms. The maximum Gasteiger partial charge on any atom is 0.316 e. The monoisotopic (exact) mass is 646 g/mol. The van der Waals surface area contributed by atoms with Crippen LogP contribution in [0.4, 0.5) is 5.69 Å². The van der Waals surface area contributed by atoms with Crippen LogP contribution in [0.5, 0.6) is 0 Å². The van der Waals surface area contributed by atoms with Crippen LogP contribution in [-0.4, -0.2) is 75.9 Å². The van der Waals surface area contributed by atoms with Crippen LogP contribution >= 0.6 is 0 Å². The molecule has 248 valence electrons. The highest BCUT2D eigenvalue weighted by Gasteiger charge is 2.44. The van der Waals surface area contributed by atoms with Gasteiger partial charge in [-0.25, -0.2) is 10.5 Å². The lowest BCUT2D eigenvalue weighted by Gasteiger charge is -2.40. The Balaban J connectivity index is 1.44. The van der Waals surface area contributed by atoms with Crippen molar-refractivity contribution in [1.82, 2.24) is 20.8 Å². The molecule has 1 fully saturated rings. The molecule has 2 aliphatic rings. The van der Waals surface area contributed by atoms with Gasteiger partial charge in [-0.15, -0.1) is 0 Å². The van der Waals surface area contributed by atoms with Gasteiger partial charge in [0.15, 0.2) is 0 Å². The van der Waals surface area contributed by atoms with Crippen LogP contribution in [0.15, 0.2) is 77.1 Å². The largest absolute Gasteiger partial charge is 0.464 e. The molecule has 0 saturated carbocycles. The number of allylic oxidation sites excluding steroid dienone is 2. The first-order valence-corrected chi connectivity index (χ1v) is 15.2. The first kappa shape index (κ1) is 34.8. The Morgan fingerprint density at radius 1 is 1.11 bits per heavy atom. The number of carbonyl (C=O) groups excluding carboxylic acids is 3. The summed E-state index contributed by atoms with van der Waals surface area (Å²) in [5.41, 5.74) is 2.64. The standard InChI is InChI=1S/C33H38N6O8/c1-22-27(30(40)36-43)29(24-10-12-26(13-11-24)39(45)46)28(23(2)35-22)31(41)38(44)18-7-17-37-19-14-33(15-20-37,25-8-4-3-5-9-25)32(42)47-21-6-16-34/h3-5,8-13,29,35,43-44H,6-7,14-15,17-21H2,1-2H3,(H,36,40). The van der Waals surface area contributed by atoms with Crippen LogP contribution in [0.1, 0.15) is 56.6 Å². The molecule has 0 aliphatic carbocycles. The molecule has 47 heavy (non-hydrogen) atoms. The fraction of sp³-hybridized carbons (Fsp3) is 0.394. The maximum absolute atomic E-state index is 13.7. The number of hydrogen-bond donors (Lipinski definition) is 4. The molecule has 4 rings (SSSR count). The second-order valence-electron chi connectivity index (χ2n) is 11.5. The third-order valence-corrected chi connectivity index (χ3v) is 8.73. The minimum atomic E-state index is -1.03. The van der Waals surface area contributed by atoms with Gasteiger partial charge in [-0.1, -0.05) is 42.5 Å². The van der Waals surface area contributed by atoms with Gasteiger partial charge in [0.1, 0.15) is 6.61 Å². The van der Waals surface area contributed by atoms with Crippen molar-refractivity contribution >= 4 is 23.5 Å². The summed E-state index contributed by atoms with van der Waals surface area (Å²) < 4.78 is 5.47. The van der Waals surface area contributed by atoms with E-state index in [0.717, 1.165) is 5.56 Å². The number of ether oxygens (including phenoxy) is 1. The molecule has 0 radical (unpaired) electrons. The molecule has 14 nitrogen and oxygen atoms in total. The number of nitrogens with one attached hydrogen (secondary N) is 2. The van der Waals surface area contributed by atoms with Crippen LogP contribution in [-0.2, 0) is 24.5 Å². The van der Waals surface area contributed by atoms with Gasteiger partial charge in [0.2, 0.25) is 0 Å². The normalized spacial score (nSPS) is 17.7. The summed E-state index contributed by atoms with van der Waals surface area (Å²) >= 11 is 0. The van der Waals surface area contributed by atoms with Gasteiger partial charge in [0, 0.05) is 36.0 Å². The lowest BCUT2D eigenvalue weighted by atomic mass is 9.72. The molecule has 0 aromatic heterocycles. The minimum Gasteiger partial charge on any atom is -0.464 e. The van der Waals surface area contributed by atoms with E-state index in [1.165, 1.54) is 24.3 Å². The third kappa shape index (κ3) is 7.66. The van der Waals surface area contributed by atoms with E-state index in [1.807, 2.05) is 36.4 Å². The van der Waals surface area contributed by atoms with Gasteiger partial charge in [-0.05, 0) is 63.9 Å². The third-order valence-electron chi connectivity index (χ3n) is 8.73. The van der Waals surface area contributed by atoms with Crippen LogP contribution in [0, 0.1) is 21.4 Å². The minimum absolute atomic E-state index is 0.0186. The van der Waals surface area contributed by atoms with Crippen molar-refractivity contribution in [3.63, 3.8) is 0 Å². The number of rotatable bonds is 12. The Hall–Kier alpha value is -5.10.